The van der Waals surface area contributed by atoms with Gasteiger partial charge in [-0.25, -0.2) is 13.2 Å². The molecule has 0 aliphatic rings. The molecule has 17 heavy (non-hydrogen) atoms. The second-order valence-electron chi connectivity index (χ2n) is 4.74. The normalized spacial score (nSPS) is 14.7. The molecule has 0 saturated heterocycles. The molecular formula is C14H19F3. The van der Waals surface area contributed by atoms with Crippen molar-refractivity contribution in [1.29, 1.82) is 0 Å². The van der Waals surface area contributed by atoms with Crippen LogP contribution in [0.3, 0.4) is 0 Å². The molecule has 0 radical (unpaired) electrons. The molecule has 0 aromatic heterocycles. The van der Waals surface area contributed by atoms with Crippen molar-refractivity contribution in [3.8, 4) is 0 Å². The van der Waals surface area contributed by atoms with Crippen LogP contribution in [0.15, 0.2) is 12.1 Å². The molecule has 1 rings (SSSR count). The second-order valence-corrected chi connectivity index (χ2v) is 4.74. The van der Waals surface area contributed by atoms with Gasteiger partial charge in [-0.2, -0.15) is 0 Å². The lowest BCUT2D eigenvalue weighted by Gasteiger charge is -2.29. The second kappa shape index (κ2) is 5.56. The highest BCUT2D eigenvalue weighted by atomic mass is 19.2. The molecule has 0 bridgehead atoms. The van der Waals surface area contributed by atoms with E-state index in [0.717, 1.165) is 25.3 Å². The van der Waals surface area contributed by atoms with Crippen LogP contribution in [0.4, 0.5) is 13.2 Å². The Morgan fingerprint density at radius 2 is 1.71 bits per heavy atom. The van der Waals surface area contributed by atoms with Crippen LogP contribution in [0.2, 0.25) is 0 Å². The van der Waals surface area contributed by atoms with Crippen LogP contribution < -0.4 is 0 Å². The van der Waals surface area contributed by atoms with Crippen molar-refractivity contribution in [1.82, 2.24) is 0 Å². The highest BCUT2D eigenvalue weighted by molar-refractivity contribution is 5.28. The van der Waals surface area contributed by atoms with Crippen molar-refractivity contribution in [3.63, 3.8) is 0 Å². The fourth-order valence-corrected chi connectivity index (χ4v) is 2.06. The highest BCUT2D eigenvalue weighted by Crippen LogP contribution is 2.35. The molecule has 0 aliphatic carbocycles. The van der Waals surface area contributed by atoms with Gasteiger partial charge < -0.3 is 0 Å². The van der Waals surface area contributed by atoms with Gasteiger partial charge in [0.25, 0.3) is 0 Å². The molecule has 1 atom stereocenters. The number of unbranched alkanes of at least 4 members (excludes halogenated alkanes) is 1. The third kappa shape index (κ3) is 2.82. The largest absolute Gasteiger partial charge is 0.204 e. The van der Waals surface area contributed by atoms with Gasteiger partial charge in [0, 0.05) is 0 Å². The lowest BCUT2D eigenvalue weighted by atomic mass is 9.76. The van der Waals surface area contributed by atoms with E-state index >= 15 is 0 Å². The van der Waals surface area contributed by atoms with Crippen molar-refractivity contribution in [2.45, 2.75) is 51.9 Å². The Morgan fingerprint density at radius 3 is 2.24 bits per heavy atom. The first-order valence-electron chi connectivity index (χ1n) is 6.10. The van der Waals surface area contributed by atoms with Gasteiger partial charge in [-0.05, 0) is 29.9 Å². The summed E-state index contributed by atoms with van der Waals surface area (Å²) < 4.78 is 39.9. The van der Waals surface area contributed by atoms with E-state index in [4.69, 9.17) is 0 Å². The minimum absolute atomic E-state index is 0.285. The van der Waals surface area contributed by atoms with Crippen LogP contribution in [0, 0.1) is 17.5 Å². The zero-order valence-corrected chi connectivity index (χ0v) is 10.6. The minimum atomic E-state index is -1.36. The van der Waals surface area contributed by atoms with E-state index in [1.54, 1.807) is 0 Å². The Balaban J connectivity index is 3.16. The van der Waals surface area contributed by atoms with Crippen LogP contribution in [-0.4, -0.2) is 0 Å². The lowest BCUT2D eigenvalue weighted by Crippen LogP contribution is -2.23. The molecule has 1 aromatic carbocycles. The summed E-state index contributed by atoms with van der Waals surface area (Å²) in [6.45, 7) is 5.90. The molecule has 0 amide bonds. The van der Waals surface area contributed by atoms with Crippen LogP contribution in [0.1, 0.15) is 52.0 Å². The van der Waals surface area contributed by atoms with E-state index < -0.39 is 22.9 Å². The van der Waals surface area contributed by atoms with Gasteiger partial charge in [0.1, 0.15) is 0 Å². The number of rotatable bonds is 5. The Bertz CT molecular complexity index is 387. The smallest absolute Gasteiger partial charge is 0.194 e. The van der Waals surface area contributed by atoms with Crippen molar-refractivity contribution in [2.75, 3.05) is 0 Å². The number of hydrogen-bond donors (Lipinski definition) is 0. The van der Waals surface area contributed by atoms with E-state index in [2.05, 4.69) is 6.92 Å². The summed E-state index contributed by atoms with van der Waals surface area (Å²) in [7, 11) is 0. The Kier molecular flexibility index (Phi) is 4.61. The summed E-state index contributed by atoms with van der Waals surface area (Å²) >= 11 is 0. The minimum Gasteiger partial charge on any atom is -0.204 e. The zero-order valence-electron chi connectivity index (χ0n) is 10.6. The molecule has 0 heterocycles. The zero-order chi connectivity index (χ0) is 13.1. The fraction of sp³-hybridized carbons (Fsp3) is 0.571. The van der Waals surface area contributed by atoms with Gasteiger partial charge in [-0.3, -0.25) is 0 Å². The van der Waals surface area contributed by atoms with Crippen LogP contribution in [-0.2, 0) is 5.41 Å². The number of benzene rings is 1. The Hall–Kier alpha value is -0.990. The maximum Gasteiger partial charge on any atom is 0.194 e. The molecular weight excluding hydrogens is 225 g/mol. The Morgan fingerprint density at radius 1 is 1.06 bits per heavy atom. The fourth-order valence-electron chi connectivity index (χ4n) is 2.06. The highest BCUT2D eigenvalue weighted by Gasteiger charge is 2.29. The predicted molar refractivity (Wildman–Crippen MR) is 63.5 cm³/mol. The third-order valence-corrected chi connectivity index (χ3v) is 3.55. The number of halogens is 3. The molecule has 96 valence electrons. The molecule has 0 saturated carbocycles. The molecule has 0 spiro atoms. The maximum absolute atomic E-state index is 13.8. The van der Waals surface area contributed by atoms with Crippen molar-refractivity contribution in [3.05, 3.63) is 35.1 Å². The first kappa shape index (κ1) is 14.1. The molecule has 1 unspecified atom stereocenters. The van der Waals surface area contributed by atoms with Crippen molar-refractivity contribution >= 4 is 0 Å². The van der Waals surface area contributed by atoms with Crippen LogP contribution in [0.5, 0.6) is 0 Å². The topological polar surface area (TPSA) is 0 Å². The van der Waals surface area contributed by atoms with Crippen LogP contribution in [0.25, 0.3) is 0 Å². The third-order valence-electron chi connectivity index (χ3n) is 3.55. The Labute approximate surface area is 101 Å². The van der Waals surface area contributed by atoms with Gasteiger partial charge in [0.15, 0.2) is 17.5 Å². The monoisotopic (exact) mass is 244 g/mol. The summed E-state index contributed by atoms with van der Waals surface area (Å²) in [5, 5.41) is 0. The molecule has 0 aliphatic heterocycles. The molecule has 0 N–H and O–H groups in total. The predicted octanol–water partition coefficient (Wildman–Crippen LogP) is 4.96. The van der Waals surface area contributed by atoms with Crippen molar-refractivity contribution < 1.29 is 13.2 Å². The standard InChI is InChI=1S/C14H19F3/c1-4-6-9-14(3,5-2)10-7-8-11(15)13(17)12(10)16/h7-8H,4-6,9H2,1-3H3. The summed E-state index contributed by atoms with van der Waals surface area (Å²) in [5.74, 6) is -3.52. The summed E-state index contributed by atoms with van der Waals surface area (Å²) in [5.41, 5.74) is -0.137. The summed E-state index contributed by atoms with van der Waals surface area (Å²) in [6, 6.07) is 2.38. The molecule has 0 fully saturated rings. The lowest BCUT2D eigenvalue weighted by molar-refractivity contribution is 0.365. The van der Waals surface area contributed by atoms with Gasteiger partial charge in [0.05, 0.1) is 0 Å². The van der Waals surface area contributed by atoms with Crippen LogP contribution >= 0.6 is 0 Å². The molecule has 3 heteroatoms. The van der Waals surface area contributed by atoms with Gasteiger partial charge in [-0.1, -0.05) is 39.7 Å². The van der Waals surface area contributed by atoms with E-state index in [1.807, 2.05) is 13.8 Å². The summed E-state index contributed by atoms with van der Waals surface area (Å²) in [6.07, 6.45) is 3.43. The quantitative estimate of drug-likeness (QED) is 0.642. The van der Waals surface area contributed by atoms with E-state index in [0.29, 0.717) is 6.42 Å². The molecule has 1 aromatic rings. The summed E-state index contributed by atoms with van der Waals surface area (Å²) in [4.78, 5) is 0. The van der Waals surface area contributed by atoms with E-state index in [1.165, 1.54) is 6.07 Å². The SMILES string of the molecule is CCCCC(C)(CC)c1ccc(F)c(F)c1F. The first-order chi connectivity index (χ1) is 7.96. The average molecular weight is 244 g/mol. The van der Waals surface area contributed by atoms with Gasteiger partial charge in [-0.15, -0.1) is 0 Å². The van der Waals surface area contributed by atoms with E-state index in [9.17, 15) is 13.2 Å². The van der Waals surface area contributed by atoms with E-state index in [-0.39, 0.29) is 5.56 Å². The van der Waals surface area contributed by atoms with Gasteiger partial charge >= 0.3 is 0 Å². The van der Waals surface area contributed by atoms with Crippen molar-refractivity contribution in [2.24, 2.45) is 0 Å². The number of hydrogen-bond acceptors (Lipinski definition) is 0. The maximum atomic E-state index is 13.8. The van der Waals surface area contributed by atoms with Gasteiger partial charge in [0.2, 0.25) is 0 Å². The molecule has 0 nitrogen and oxygen atoms in total. The first-order valence-corrected chi connectivity index (χ1v) is 6.10. The average Bonchev–Trinajstić information content (AvgIpc) is 2.33.